The van der Waals surface area contributed by atoms with Crippen LogP contribution in [0.3, 0.4) is 0 Å². The summed E-state index contributed by atoms with van der Waals surface area (Å²) in [4.78, 5) is 11.9. The fourth-order valence-corrected chi connectivity index (χ4v) is 2.55. The Labute approximate surface area is 135 Å². The summed E-state index contributed by atoms with van der Waals surface area (Å²) in [7, 11) is 0. The number of epoxide rings is 1. The van der Waals surface area contributed by atoms with E-state index in [1.165, 1.54) is 0 Å². The molecule has 0 spiro atoms. The lowest BCUT2D eigenvalue weighted by atomic mass is 10.0. The number of hydrogen-bond donors (Lipinski definition) is 1. The molecule has 1 N–H and O–H groups in total. The Morgan fingerprint density at radius 2 is 2.10 bits per heavy atom. The van der Waals surface area contributed by atoms with Gasteiger partial charge in [0.25, 0.3) is 9.70 Å². The third kappa shape index (κ3) is 2.81. The molecule has 1 aromatic rings. The van der Waals surface area contributed by atoms with Crippen LogP contribution in [-0.2, 0) is 9.53 Å². The van der Waals surface area contributed by atoms with Gasteiger partial charge in [0, 0.05) is 10.6 Å². The maximum Gasteiger partial charge on any atom is 0.272 e. The summed E-state index contributed by atoms with van der Waals surface area (Å²) in [5.74, 6) is -0.0746. The first-order valence-electron chi connectivity index (χ1n) is 5.81. The van der Waals surface area contributed by atoms with E-state index in [2.05, 4.69) is 5.32 Å². The van der Waals surface area contributed by atoms with Crippen LogP contribution >= 0.6 is 46.4 Å². The number of nitrogens with one attached hydrogen (secondary N) is 1. The van der Waals surface area contributed by atoms with E-state index in [1.807, 2.05) is 0 Å². The van der Waals surface area contributed by atoms with Crippen molar-refractivity contribution in [2.45, 2.75) is 22.0 Å². The number of ether oxygens (including phenoxy) is 2. The van der Waals surface area contributed by atoms with E-state index in [9.17, 15) is 4.79 Å². The van der Waals surface area contributed by atoms with Crippen LogP contribution in [0.5, 0.6) is 5.75 Å². The molecular weight excluding hydrogens is 348 g/mol. The molecule has 8 heteroatoms. The molecule has 0 bridgehead atoms. The average Bonchev–Trinajstić information content (AvgIpc) is 3.12. The van der Waals surface area contributed by atoms with Crippen molar-refractivity contribution in [2.75, 3.05) is 6.61 Å². The lowest BCUT2D eigenvalue weighted by molar-refractivity contribution is -0.121. The molecule has 2 aliphatic rings. The fraction of sp³-hybridized carbons (Fsp3) is 0.417. The van der Waals surface area contributed by atoms with Gasteiger partial charge in [0.2, 0.25) is 0 Å². The molecule has 1 saturated heterocycles. The third-order valence-corrected chi connectivity index (χ3v) is 3.95. The van der Waals surface area contributed by atoms with Gasteiger partial charge >= 0.3 is 0 Å². The van der Waals surface area contributed by atoms with Crippen LogP contribution in [0.15, 0.2) is 18.2 Å². The summed E-state index contributed by atoms with van der Waals surface area (Å²) in [6.45, 7) is 0.416. The number of amides is 1. The summed E-state index contributed by atoms with van der Waals surface area (Å²) < 4.78 is 9.06. The lowest BCUT2D eigenvalue weighted by Gasteiger charge is -2.21. The molecule has 0 aromatic heterocycles. The predicted octanol–water partition coefficient (Wildman–Crippen LogP) is 3.03. The number of benzene rings is 1. The Morgan fingerprint density at radius 1 is 1.35 bits per heavy atom. The van der Waals surface area contributed by atoms with Crippen LogP contribution in [0.2, 0.25) is 5.02 Å². The Bertz CT molecular complexity index is 560. The molecule has 0 saturated carbocycles. The van der Waals surface area contributed by atoms with Gasteiger partial charge in [-0.1, -0.05) is 46.4 Å². The van der Waals surface area contributed by atoms with Gasteiger partial charge in [-0.25, -0.2) is 0 Å². The summed E-state index contributed by atoms with van der Waals surface area (Å²) in [6, 6.07) is 4.71. The monoisotopic (exact) mass is 355 g/mol. The van der Waals surface area contributed by atoms with Gasteiger partial charge in [0.1, 0.15) is 24.6 Å². The molecule has 0 radical (unpaired) electrons. The summed E-state index contributed by atoms with van der Waals surface area (Å²) >= 11 is 22.7. The molecule has 3 atom stereocenters. The van der Waals surface area contributed by atoms with Crippen LogP contribution < -0.4 is 10.1 Å². The molecule has 1 fully saturated rings. The van der Waals surface area contributed by atoms with Crippen molar-refractivity contribution < 1.29 is 14.3 Å². The van der Waals surface area contributed by atoms with E-state index in [1.54, 1.807) is 18.2 Å². The van der Waals surface area contributed by atoms with Gasteiger partial charge in [-0.2, -0.15) is 0 Å². The third-order valence-electron chi connectivity index (χ3n) is 3.20. The SMILES string of the molecule is O=C(NC1c2cc(Cl)ccc2OCC2OC21)C(Cl)(Cl)Cl. The second-order valence-electron chi connectivity index (χ2n) is 4.58. The number of carbonyl (C=O) groups is 1. The van der Waals surface area contributed by atoms with Gasteiger partial charge in [0.05, 0.1) is 6.04 Å². The van der Waals surface area contributed by atoms with Crippen molar-refractivity contribution in [3.63, 3.8) is 0 Å². The Morgan fingerprint density at radius 3 is 2.80 bits per heavy atom. The first-order valence-corrected chi connectivity index (χ1v) is 7.33. The predicted molar refractivity (Wildman–Crippen MR) is 76.8 cm³/mol. The molecule has 3 unspecified atom stereocenters. The molecule has 108 valence electrons. The van der Waals surface area contributed by atoms with Crippen LogP contribution in [-0.4, -0.2) is 28.5 Å². The topological polar surface area (TPSA) is 50.9 Å². The zero-order chi connectivity index (χ0) is 14.5. The van der Waals surface area contributed by atoms with E-state index in [0.717, 1.165) is 0 Å². The zero-order valence-electron chi connectivity index (χ0n) is 9.91. The van der Waals surface area contributed by atoms with Crippen LogP contribution in [0.1, 0.15) is 11.6 Å². The minimum absolute atomic E-state index is 0.0816. The first kappa shape index (κ1) is 14.5. The minimum atomic E-state index is -2.03. The van der Waals surface area contributed by atoms with Gasteiger partial charge < -0.3 is 14.8 Å². The minimum Gasteiger partial charge on any atom is -0.490 e. The van der Waals surface area contributed by atoms with Gasteiger partial charge in [-0.3, -0.25) is 4.79 Å². The van der Waals surface area contributed by atoms with Crippen LogP contribution in [0, 0.1) is 0 Å². The number of halogens is 4. The van der Waals surface area contributed by atoms with Gasteiger partial charge in [-0.05, 0) is 18.2 Å². The van der Waals surface area contributed by atoms with Crippen LogP contribution in [0.4, 0.5) is 0 Å². The van der Waals surface area contributed by atoms with E-state index in [0.29, 0.717) is 22.9 Å². The van der Waals surface area contributed by atoms with Crippen molar-refractivity contribution in [3.8, 4) is 5.75 Å². The summed E-state index contributed by atoms with van der Waals surface area (Å²) in [5.41, 5.74) is 0.713. The molecule has 2 aliphatic heterocycles. The van der Waals surface area contributed by atoms with Crippen molar-refractivity contribution in [2.24, 2.45) is 0 Å². The average molecular weight is 357 g/mol. The van der Waals surface area contributed by atoms with Crippen molar-refractivity contribution in [3.05, 3.63) is 28.8 Å². The molecule has 0 aliphatic carbocycles. The molecule has 1 amide bonds. The highest BCUT2D eigenvalue weighted by atomic mass is 35.6. The van der Waals surface area contributed by atoms with Crippen LogP contribution in [0.25, 0.3) is 0 Å². The number of rotatable bonds is 1. The molecule has 2 heterocycles. The van der Waals surface area contributed by atoms with E-state index in [-0.39, 0.29) is 12.2 Å². The first-order chi connectivity index (χ1) is 9.36. The number of alkyl halides is 3. The normalized spacial score (nSPS) is 27.7. The molecule has 1 aromatic carbocycles. The Kier molecular flexibility index (Phi) is 3.72. The number of carbonyl (C=O) groups excluding carboxylic acids is 1. The number of hydrogen-bond acceptors (Lipinski definition) is 3. The molecular formula is C12H9Cl4NO3. The fourth-order valence-electron chi connectivity index (χ4n) is 2.21. The Balaban J connectivity index is 1.93. The quantitative estimate of drug-likeness (QED) is 0.621. The summed E-state index contributed by atoms with van der Waals surface area (Å²) in [5, 5.41) is 3.20. The van der Waals surface area contributed by atoms with Crippen molar-refractivity contribution in [1.29, 1.82) is 0 Å². The highest BCUT2D eigenvalue weighted by molar-refractivity contribution is 6.76. The highest BCUT2D eigenvalue weighted by Crippen LogP contribution is 2.43. The molecule has 20 heavy (non-hydrogen) atoms. The molecule has 4 nitrogen and oxygen atoms in total. The Hall–Kier alpha value is -0.390. The maximum atomic E-state index is 11.9. The zero-order valence-corrected chi connectivity index (χ0v) is 12.9. The van der Waals surface area contributed by atoms with E-state index >= 15 is 0 Å². The van der Waals surface area contributed by atoms with Gasteiger partial charge in [0.15, 0.2) is 0 Å². The molecule has 3 rings (SSSR count). The number of fused-ring (bicyclic) bond motifs is 2. The largest absolute Gasteiger partial charge is 0.490 e. The second kappa shape index (κ2) is 5.11. The summed E-state index contributed by atoms with van der Waals surface area (Å²) in [6.07, 6.45) is -0.284. The maximum absolute atomic E-state index is 11.9. The van der Waals surface area contributed by atoms with E-state index < -0.39 is 15.7 Å². The highest BCUT2D eigenvalue weighted by Gasteiger charge is 2.50. The van der Waals surface area contributed by atoms with Gasteiger partial charge in [-0.15, -0.1) is 0 Å². The second-order valence-corrected chi connectivity index (χ2v) is 7.30. The van der Waals surface area contributed by atoms with Crippen molar-refractivity contribution in [1.82, 2.24) is 5.32 Å². The van der Waals surface area contributed by atoms with Crippen molar-refractivity contribution >= 4 is 52.3 Å². The smallest absolute Gasteiger partial charge is 0.272 e. The van der Waals surface area contributed by atoms with E-state index in [4.69, 9.17) is 55.9 Å². The lowest BCUT2D eigenvalue weighted by Crippen LogP contribution is -2.39. The standard InChI is InChI=1S/C12H9Cl4NO3/c13-5-1-2-7-6(3-5)9(10-8(20-10)4-19-7)17-11(18)12(14,15)16/h1-3,8-10H,4H2,(H,17,18).